The highest BCUT2D eigenvalue weighted by atomic mass is 16.6. The molecule has 0 radical (unpaired) electrons. The van der Waals surface area contributed by atoms with Gasteiger partial charge in [0.15, 0.2) is 0 Å². The van der Waals surface area contributed by atoms with E-state index < -0.39 is 5.60 Å². The lowest BCUT2D eigenvalue weighted by Gasteiger charge is -2.49. The maximum Gasteiger partial charge on any atom is 0.410 e. The third kappa shape index (κ3) is 3.20. The topological polar surface area (TPSA) is 32.8 Å². The first-order valence-electron chi connectivity index (χ1n) is 8.69. The second-order valence-electron chi connectivity index (χ2n) is 8.24. The Morgan fingerprint density at radius 2 is 1.54 bits per heavy atom. The van der Waals surface area contributed by atoms with Crippen LogP contribution in [0.15, 0.2) is 42.5 Å². The van der Waals surface area contributed by atoms with Gasteiger partial charge in [0.2, 0.25) is 0 Å². The summed E-state index contributed by atoms with van der Waals surface area (Å²) in [6.45, 7) is 11.6. The monoisotopic (exact) mass is 328 g/mol. The maximum absolute atomic E-state index is 12.4. The molecule has 0 aliphatic carbocycles. The minimum absolute atomic E-state index is 0.0832. The van der Waals surface area contributed by atoms with E-state index in [0.29, 0.717) is 13.1 Å². The van der Waals surface area contributed by atoms with Gasteiger partial charge in [-0.2, -0.15) is 0 Å². The maximum atomic E-state index is 12.4. The molecule has 2 heterocycles. The molecule has 2 bridgehead atoms. The molecule has 1 fully saturated rings. The fourth-order valence-corrected chi connectivity index (χ4v) is 3.81. The van der Waals surface area contributed by atoms with Crippen LogP contribution in [0.5, 0.6) is 0 Å². The Morgan fingerprint density at radius 1 is 1.00 bits per heavy atom. The van der Waals surface area contributed by atoms with Crippen molar-refractivity contribution in [2.45, 2.75) is 57.8 Å². The van der Waals surface area contributed by atoms with Gasteiger partial charge in [0, 0.05) is 30.7 Å². The molecule has 4 heteroatoms. The third-order valence-electron chi connectivity index (χ3n) is 4.86. The van der Waals surface area contributed by atoms with E-state index in [1.54, 1.807) is 0 Å². The van der Waals surface area contributed by atoms with E-state index in [1.165, 1.54) is 5.56 Å². The van der Waals surface area contributed by atoms with E-state index in [0.717, 1.165) is 0 Å². The largest absolute Gasteiger partial charge is 0.444 e. The van der Waals surface area contributed by atoms with E-state index in [2.05, 4.69) is 55.2 Å². The summed E-state index contributed by atoms with van der Waals surface area (Å²) >= 11 is 0. The van der Waals surface area contributed by atoms with Crippen LogP contribution in [0.3, 0.4) is 0 Å². The Labute approximate surface area is 145 Å². The number of carbonyl (C=O) groups excluding carboxylic acids is 1. The summed E-state index contributed by atoms with van der Waals surface area (Å²) in [6.07, 6.45) is 4.26. The standard InChI is InChI=1S/C20H28N2O2/c1-19(2,3)24-18(23)21-13-16-11-12-17(14-21)22(16)20(4,5)15-9-7-6-8-10-15/h6-12,16-17H,13-14H2,1-5H3. The van der Waals surface area contributed by atoms with Crippen molar-refractivity contribution >= 4 is 6.09 Å². The SMILES string of the molecule is CC(C)(C)OC(=O)N1CC2C=CC(C1)N2C(C)(C)c1ccccc1. The number of piperazine rings is 1. The van der Waals surface area contributed by atoms with E-state index in [9.17, 15) is 4.79 Å². The van der Waals surface area contributed by atoms with Gasteiger partial charge in [-0.05, 0) is 40.2 Å². The van der Waals surface area contributed by atoms with Crippen molar-refractivity contribution in [3.05, 3.63) is 48.0 Å². The van der Waals surface area contributed by atoms with Crippen LogP contribution in [0, 0.1) is 0 Å². The lowest BCUT2D eigenvalue weighted by Crippen LogP contribution is -2.61. The molecule has 2 aliphatic rings. The summed E-state index contributed by atoms with van der Waals surface area (Å²) in [5, 5.41) is 0. The number of hydrogen-bond donors (Lipinski definition) is 0. The second-order valence-corrected chi connectivity index (χ2v) is 8.24. The smallest absolute Gasteiger partial charge is 0.410 e. The van der Waals surface area contributed by atoms with Crippen LogP contribution >= 0.6 is 0 Å². The van der Waals surface area contributed by atoms with Crippen molar-refractivity contribution < 1.29 is 9.53 Å². The van der Waals surface area contributed by atoms with Gasteiger partial charge in [-0.3, -0.25) is 4.90 Å². The molecule has 1 aromatic carbocycles. The first kappa shape index (κ1) is 17.0. The average molecular weight is 328 g/mol. The molecule has 2 aliphatic heterocycles. The highest BCUT2D eigenvalue weighted by Gasteiger charge is 2.45. The lowest BCUT2D eigenvalue weighted by molar-refractivity contribution is -0.0213. The van der Waals surface area contributed by atoms with Gasteiger partial charge in [-0.1, -0.05) is 42.5 Å². The zero-order valence-electron chi connectivity index (χ0n) is 15.3. The predicted molar refractivity (Wildman–Crippen MR) is 95.8 cm³/mol. The average Bonchev–Trinajstić information content (AvgIpc) is 2.78. The summed E-state index contributed by atoms with van der Waals surface area (Å²) in [7, 11) is 0. The molecule has 0 spiro atoms. The van der Waals surface area contributed by atoms with Crippen LogP contribution in [0.4, 0.5) is 4.79 Å². The predicted octanol–water partition coefficient (Wildman–Crippen LogP) is 3.78. The van der Waals surface area contributed by atoms with E-state index in [4.69, 9.17) is 4.74 Å². The van der Waals surface area contributed by atoms with Gasteiger partial charge >= 0.3 is 6.09 Å². The molecule has 2 atom stereocenters. The Morgan fingerprint density at radius 3 is 2.04 bits per heavy atom. The highest BCUT2D eigenvalue weighted by molar-refractivity contribution is 5.68. The summed E-state index contributed by atoms with van der Waals surface area (Å²) in [4.78, 5) is 16.8. The van der Waals surface area contributed by atoms with Crippen LogP contribution in [0.25, 0.3) is 0 Å². The Bertz CT molecular complexity index is 615. The van der Waals surface area contributed by atoms with Gasteiger partial charge in [0.25, 0.3) is 0 Å². The molecule has 0 aromatic heterocycles. The minimum atomic E-state index is -0.454. The van der Waals surface area contributed by atoms with Crippen molar-refractivity contribution in [1.29, 1.82) is 0 Å². The van der Waals surface area contributed by atoms with Crippen molar-refractivity contribution in [1.82, 2.24) is 9.80 Å². The number of carbonyl (C=O) groups is 1. The molecule has 0 N–H and O–H groups in total. The first-order chi connectivity index (χ1) is 11.2. The second kappa shape index (κ2) is 5.92. The van der Waals surface area contributed by atoms with Crippen LogP contribution in [0.1, 0.15) is 40.2 Å². The fraction of sp³-hybridized carbons (Fsp3) is 0.550. The van der Waals surface area contributed by atoms with Crippen LogP contribution in [0.2, 0.25) is 0 Å². The van der Waals surface area contributed by atoms with Crippen molar-refractivity contribution in [2.24, 2.45) is 0 Å². The molecule has 24 heavy (non-hydrogen) atoms. The molecule has 0 saturated carbocycles. The Hall–Kier alpha value is -1.81. The molecule has 4 nitrogen and oxygen atoms in total. The fourth-order valence-electron chi connectivity index (χ4n) is 3.81. The molecule has 2 unspecified atom stereocenters. The van der Waals surface area contributed by atoms with Gasteiger partial charge in [-0.15, -0.1) is 0 Å². The quantitative estimate of drug-likeness (QED) is 0.775. The van der Waals surface area contributed by atoms with Crippen LogP contribution < -0.4 is 0 Å². The van der Waals surface area contributed by atoms with Crippen molar-refractivity contribution in [3.8, 4) is 0 Å². The molecule has 130 valence electrons. The number of ether oxygens (including phenoxy) is 1. The number of hydrogen-bond acceptors (Lipinski definition) is 3. The summed E-state index contributed by atoms with van der Waals surface area (Å²) in [6, 6.07) is 11.0. The number of rotatable bonds is 2. The minimum Gasteiger partial charge on any atom is -0.444 e. The zero-order valence-corrected chi connectivity index (χ0v) is 15.3. The molecule has 1 amide bonds. The number of nitrogens with zero attached hydrogens (tertiary/aromatic N) is 2. The molecule has 3 rings (SSSR count). The van der Waals surface area contributed by atoms with Gasteiger partial charge in [-0.25, -0.2) is 4.79 Å². The van der Waals surface area contributed by atoms with Gasteiger partial charge in [0.05, 0.1) is 0 Å². The summed E-state index contributed by atoms with van der Waals surface area (Å²) < 4.78 is 5.55. The van der Waals surface area contributed by atoms with Crippen LogP contribution in [-0.2, 0) is 10.3 Å². The van der Waals surface area contributed by atoms with E-state index >= 15 is 0 Å². The lowest BCUT2D eigenvalue weighted by atomic mass is 9.89. The first-order valence-corrected chi connectivity index (χ1v) is 8.69. The number of benzene rings is 1. The van der Waals surface area contributed by atoms with Crippen LogP contribution in [-0.4, -0.2) is 46.7 Å². The van der Waals surface area contributed by atoms with E-state index in [-0.39, 0.29) is 23.7 Å². The van der Waals surface area contributed by atoms with Crippen molar-refractivity contribution in [2.75, 3.05) is 13.1 Å². The Kier molecular flexibility index (Phi) is 4.20. The summed E-state index contributed by atoms with van der Waals surface area (Å²) in [5.41, 5.74) is 0.763. The Balaban J connectivity index is 1.76. The number of fused-ring (bicyclic) bond motifs is 2. The zero-order chi connectivity index (χ0) is 17.5. The highest BCUT2D eigenvalue weighted by Crippen LogP contribution is 2.38. The summed E-state index contributed by atoms with van der Waals surface area (Å²) in [5.74, 6) is 0. The van der Waals surface area contributed by atoms with Gasteiger partial charge in [0.1, 0.15) is 5.60 Å². The number of amides is 1. The van der Waals surface area contributed by atoms with E-state index in [1.807, 2.05) is 31.7 Å². The molecular formula is C20H28N2O2. The third-order valence-corrected chi connectivity index (χ3v) is 4.86. The van der Waals surface area contributed by atoms with Gasteiger partial charge < -0.3 is 9.64 Å². The normalized spacial score (nSPS) is 24.3. The molecular weight excluding hydrogens is 300 g/mol. The molecule has 1 aromatic rings. The molecule has 1 saturated heterocycles. The van der Waals surface area contributed by atoms with Crippen molar-refractivity contribution in [3.63, 3.8) is 0 Å².